The van der Waals surface area contributed by atoms with Gasteiger partial charge in [-0.15, -0.1) is 0 Å². The number of aromatic nitrogens is 2. The number of carbonyl (C=O) groups excluding carboxylic acids is 6. The van der Waals surface area contributed by atoms with E-state index in [1.807, 2.05) is 13.0 Å². The van der Waals surface area contributed by atoms with Crippen LogP contribution in [0, 0.1) is 6.92 Å². The zero-order valence-electron chi connectivity index (χ0n) is 29.1. The first kappa shape index (κ1) is 34.3. The summed E-state index contributed by atoms with van der Waals surface area (Å²) in [5.74, 6) is -2.36. The largest absolute Gasteiger partial charge is 0.397 e. The number of amides is 6. The second-order valence-electron chi connectivity index (χ2n) is 13.0. The van der Waals surface area contributed by atoms with E-state index in [1.165, 1.54) is 42.6 Å². The van der Waals surface area contributed by atoms with Crippen molar-refractivity contribution in [3.8, 4) is 0 Å². The Hall–Kier alpha value is -7.80. The minimum Gasteiger partial charge on any atom is -0.397 e. The van der Waals surface area contributed by atoms with Crippen LogP contribution in [0.15, 0.2) is 122 Å². The summed E-state index contributed by atoms with van der Waals surface area (Å²) in [4.78, 5) is 89.5. The van der Waals surface area contributed by atoms with Gasteiger partial charge in [-0.2, -0.15) is 0 Å². The number of pyridine rings is 2. The number of imide groups is 2. The number of nitrogens with one attached hydrogen (secondary N) is 2. The van der Waals surface area contributed by atoms with Crippen LogP contribution in [0.3, 0.4) is 0 Å². The van der Waals surface area contributed by atoms with Crippen molar-refractivity contribution >= 4 is 64.1 Å². The summed E-state index contributed by atoms with van der Waals surface area (Å²) in [7, 11) is 0. The summed E-state index contributed by atoms with van der Waals surface area (Å²) in [5, 5.41) is 5.35. The lowest BCUT2D eigenvalue weighted by molar-refractivity contribution is 0.0910. The summed E-state index contributed by atoms with van der Waals surface area (Å²) >= 11 is 0. The molecule has 0 unspecified atom stereocenters. The van der Waals surface area contributed by atoms with Gasteiger partial charge in [-0.25, -0.2) is 19.8 Å². The molecule has 8 rings (SSSR count). The monoisotopic (exact) mass is 727 g/mol. The number of hydrogen-bond donors (Lipinski definition) is 3. The van der Waals surface area contributed by atoms with E-state index in [9.17, 15) is 28.8 Å². The van der Waals surface area contributed by atoms with E-state index in [-0.39, 0.29) is 39.2 Å². The van der Waals surface area contributed by atoms with Gasteiger partial charge in [-0.1, -0.05) is 30.3 Å². The van der Waals surface area contributed by atoms with Crippen molar-refractivity contribution in [3.05, 3.63) is 172 Å². The summed E-state index contributed by atoms with van der Waals surface area (Å²) in [6, 6.07) is 29.3. The van der Waals surface area contributed by atoms with Crippen LogP contribution in [0.4, 0.5) is 28.7 Å². The van der Waals surface area contributed by atoms with Gasteiger partial charge >= 0.3 is 0 Å². The van der Waals surface area contributed by atoms with Gasteiger partial charge in [0.25, 0.3) is 35.4 Å². The minimum absolute atomic E-state index is 0.117. The molecule has 55 heavy (non-hydrogen) atoms. The zero-order chi connectivity index (χ0) is 38.4. The van der Waals surface area contributed by atoms with Crippen LogP contribution >= 0.6 is 0 Å². The lowest BCUT2D eigenvalue weighted by atomic mass is 10.0. The van der Waals surface area contributed by atoms with Crippen molar-refractivity contribution in [2.45, 2.75) is 13.3 Å². The Kier molecular flexibility index (Phi) is 8.50. The maximum absolute atomic E-state index is 13.4. The van der Waals surface area contributed by atoms with Crippen LogP contribution in [-0.2, 0) is 6.42 Å². The fourth-order valence-electron chi connectivity index (χ4n) is 6.39. The lowest BCUT2D eigenvalue weighted by Crippen LogP contribution is -2.29. The number of aryl methyl sites for hydroxylation is 1. The Bertz CT molecular complexity index is 2410. The SMILES string of the molecule is Cc1ccc(NC(=O)c2ccc3c(c2)C(=O)N(c2ccc(Cc4ccc(N5C(=O)c6ccc(C(=O)Nc7ccc(N)cn7)cc6C5=O)cc4)cc2)C3=O)nc1. The molecule has 6 aromatic rings. The number of hydrogen-bond acceptors (Lipinski definition) is 9. The van der Waals surface area contributed by atoms with Crippen LogP contribution in [-0.4, -0.2) is 45.4 Å². The van der Waals surface area contributed by atoms with Crippen LogP contribution in [0.25, 0.3) is 0 Å². The van der Waals surface area contributed by atoms with E-state index in [4.69, 9.17) is 5.73 Å². The number of nitrogens with two attached hydrogens (primary N) is 1. The molecule has 0 bridgehead atoms. The molecule has 0 radical (unpaired) electrons. The van der Waals surface area contributed by atoms with E-state index >= 15 is 0 Å². The van der Waals surface area contributed by atoms with Gasteiger partial charge in [0.1, 0.15) is 11.6 Å². The number of carbonyl (C=O) groups is 6. The Morgan fingerprint density at radius 2 is 0.982 bits per heavy atom. The predicted octanol–water partition coefficient (Wildman–Crippen LogP) is 6.06. The average molecular weight is 728 g/mol. The highest BCUT2D eigenvalue weighted by Crippen LogP contribution is 2.32. The normalized spacial score (nSPS) is 13.2. The molecule has 0 atom stereocenters. The van der Waals surface area contributed by atoms with Crippen molar-refractivity contribution in [2.24, 2.45) is 0 Å². The molecule has 13 heteroatoms. The summed E-state index contributed by atoms with van der Waals surface area (Å²) in [6.07, 6.45) is 3.53. The molecule has 4 heterocycles. The predicted molar refractivity (Wildman–Crippen MR) is 204 cm³/mol. The summed E-state index contributed by atoms with van der Waals surface area (Å²) in [6.45, 7) is 1.88. The summed E-state index contributed by atoms with van der Waals surface area (Å²) < 4.78 is 0. The molecule has 4 N–H and O–H groups in total. The number of rotatable bonds is 8. The molecule has 2 aromatic heterocycles. The van der Waals surface area contributed by atoms with E-state index in [2.05, 4.69) is 20.6 Å². The summed E-state index contributed by atoms with van der Waals surface area (Å²) in [5.41, 5.74) is 10.6. The molecule has 268 valence electrons. The van der Waals surface area contributed by atoms with Gasteiger partial charge in [0.05, 0.1) is 45.5 Å². The second-order valence-corrected chi connectivity index (χ2v) is 13.0. The Balaban J connectivity index is 0.918. The van der Waals surface area contributed by atoms with Gasteiger partial charge in [0.2, 0.25) is 0 Å². The molecule has 6 amide bonds. The second kappa shape index (κ2) is 13.6. The van der Waals surface area contributed by atoms with Crippen molar-refractivity contribution in [2.75, 3.05) is 26.2 Å². The van der Waals surface area contributed by atoms with Gasteiger partial charge in [0, 0.05) is 17.3 Å². The molecule has 4 aromatic carbocycles. The van der Waals surface area contributed by atoms with Crippen molar-refractivity contribution in [3.63, 3.8) is 0 Å². The third kappa shape index (κ3) is 6.46. The minimum atomic E-state index is -0.546. The van der Waals surface area contributed by atoms with Crippen LogP contribution in [0.5, 0.6) is 0 Å². The molecular formula is C42H29N7O6. The molecule has 0 saturated carbocycles. The number of anilines is 5. The molecule has 0 aliphatic carbocycles. The Labute approximate surface area is 313 Å². The lowest BCUT2D eigenvalue weighted by Gasteiger charge is -2.15. The van der Waals surface area contributed by atoms with Gasteiger partial charge in [-0.3, -0.25) is 28.8 Å². The topological polar surface area (TPSA) is 185 Å². The van der Waals surface area contributed by atoms with E-state index in [0.717, 1.165) is 26.5 Å². The van der Waals surface area contributed by atoms with Gasteiger partial charge in [-0.05, 0) is 109 Å². The molecule has 0 fully saturated rings. The zero-order valence-corrected chi connectivity index (χ0v) is 29.1. The molecule has 13 nitrogen and oxygen atoms in total. The van der Waals surface area contributed by atoms with Crippen LogP contribution in [0.2, 0.25) is 0 Å². The van der Waals surface area contributed by atoms with Gasteiger partial charge < -0.3 is 16.4 Å². The molecular weight excluding hydrogens is 699 g/mol. The highest BCUT2D eigenvalue weighted by molar-refractivity contribution is 6.35. The van der Waals surface area contributed by atoms with Crippen molar-refractivity contribution < 1.29 is 28.8 Å². The quantitative estimate of drug-likeness (QED) is 0.157. The maximum Gasteiger partial charge on any atom is 0.266 e. The average Bonchev–Trinajstić information content (AvgIpc) is 3.60. The molecule has 0 spiro atoms. The smallest absolute Gasteiger partial charge is 0.266 e. The fourth-order valence-corrected chi connectivity index (χ4v) is 6.39. The maximum atomic E-state index is 13.4. The standard InChI is InChI=1S/C42H29N7O6/c1-23-2-16-35(44-21-23)46-37(50)26-7-14-31-33(19-26)41(54)48(39(31)52)29-10-3-24(4-11-29)18-25-5-12-30(13-6-25)49-40(53)32-15-8-27(20-34(32)42(49)55)38(51)47-36-17-9-28(43)22-45-36/h2-17,19-22H,18,43H2,1H3,(H,44,46,50)(H,45,47,51). The van der Waals surface area contributed by atoms with E-state index < -0.39 is 35.4 Å². The third-order valence-corrected chi connectivity index (χ3v) is 9.28. The number of benzene rings is 4. The van der Waals surface area contributed by atoms with E-state index in [1.54, 1.807) is 72.9 Å². The van der Waals surface area contributed by atoms with E-state index in [0.29, 0.717) is 29.3 Å². The molecule has 0 saturated heterocycles. The van der Waals surface area contributed by atoms with Crippen molar-refractivity contribution in [1.29, 1.82) is 0 Å². The Morgan fingerprint density at radius 1 is 0.545 bits per heavy atom. The molecule has 2 aliphatic heterocycles. The number of nitrogens with zero attached hydrogens (tertiary/aromatic N) is 4. The molecule has 2 aliphatic rings. The van der Waals surface area contributed by atoms with Crippen LogP contribution in [0.1, 0.15) is 78.8 Å². The van der Waals surface area contributed by atoms with Crippen molar-refractivity contribution in [1.82, 2.24) is 9.97 Å². The first-order chi connectivity index (χ1) is 26.5. The van der Waals surface area contributed by atoms with Crippen LogP contribution < -0.4 is 26.2 Å². The number of fused-ring (bicyclic) bond motifs is 2. The first-order valence-electron chi connectivity index (χ1n) is 17.0. The number of nitrogen functional groups attached to an aromatic ring is 1. The highest BCUT2D eigenvalue weighted by Gasteiger charge is 2.38. The third-order valence-electron chi connectivity index (χ3n) is 9.28. The fraction of sp³-hybridized carbons (Fsp3) is 0.0476. The highest BCUT2D eigenvalue weighted by atomic mass is 16.2. The first-order valence-corrected chi connectivity index (χ1v) is 17.0. The van der Waals surface area contributed by atoms with Gasteiger partial charge in [0.15, 0.2) is 0 Å². The Morgan fingerprint density at radius 3 is 1.40 bits per heavy atom.